The predicted octanol–water partition coefficient (Wildman–Crippen LogP) is 4.72. The van der Waals surface area contributed by atoms with E-state index in [4.69, 9.17) is 0 Å². The molecule has 1 aliphatic carbocycles. The average molecular weight is 234 g/mol. The lowest BCUT2D eigenvalue weighted by atomic mass is 9.67. The standard InChI is InChI=1S/C18H18/c1-18(12-15-8-4-2-5-9-15)13-17(14-18)16-10-6-3-7-11-16/h2-11,13H,12,14H2,1H3. The van der Waals surface area contributed by atoms with Gasteiger partial charge in [0, 0.05) is 0 Å². The molecule has 1 unspecified atom stereocenters. The maximum atomic E-state index is 2.44. The Hall–Kier alpha value is -1.82. The molecule has 0 spiro atoms. The van der Waals surface area contributed by atoms with Gasteiger partial charge < -0.3 is 0 Å². The first-order valence-electron chi connectivity index (χ1n) is 6.56. The molecule has 0 heterocycles. The Labute approximate surface area is 109 Å². The van der Waals surface area contributed by atoms with Crippen molar-refractivity contribution in [1.29, 1.82) is 0 Å². The van der Waals surface area contributed by atoms with Crippen LogP contribution in [0.2, 0.25) is 0 Å². The second kappa shape index (κ2) is 4.45. The fourth-order valence-electron chi connectivity index (χ4n) is 2.84. The van der Waals surface area contributed by atoms with Crippen LogP contribution in [0.15, 0.2) is 66.7 Å². The molecule has 0 aromatic heterocycles. The Balaban J connectivity index is 1.75. The summed E-state index contributed by atoms with van der Waals surface area (Å²) in [5, 5.41) is 0. The van der Waals surface area contributed by atoms with E-state index < -0.39 is 0 Å². The van der Waals surface area contributed by atoms with E-state index in [1.165, 1.54) is 23.1 Å². The van der Waals surface area contributed by atoms with Crippen molar-refractivity contribution in [2.75, 3.05) is 0 Å². The molecule has 0 amide bonds. The Kier molecular flexibility index (Phi) is 2.79. The van der Waals surface area contributed by atoms with Gasteiger partial charge in [-0.1, -0.05) is 73.7 Å². The molecular weight excluding hydrogens is 216 g/mol. The lowest BCUT2D eigenvalue weighted by Gasteiger charge is -2.37. The second-order valence-electron chi connectivity index (χ2n) is 5.53. The van der Waals surface area contributed by atoms with Crippen molar-refractivity contribution in [2.24, 2.45) is 5.41 Å². The lowest BCUT2D eigenvalue weighted by Crippen LogP contribution is -2.25. The molecule has 0 heteroatoms. The summed E-state index contributed by atoms with van der Waals surface area (Å²) in [5.41, 5.74) is 4.65. The van der Waals surface area contributed by atoms with Gasteiger partial charge in [-0.05, 0) is 35.0 Å². The van der Waals surface area contributed by atoms with E-state index >= 15 is 0 Å². The molecule has 0 nitrogen and oxygen atoms in total. The first-order valence-corrected chi connectivity index (χ1v) is 6.56. The number of benzene rings is 2. The first-order chi connectivity index (χ1) is 8.75. The zero-order chi connectivity index (χ0) is 12.4. The van der Waals surface area contributed by atoms with E-state index in [9.17, 15) is 0 Å². The summed E-state index contributed by atoms with van der Waals surface area (Å²) in [6, 6.07) is 21.5. The molecule has 0 radical (unpaired) electrons. The minimum Gasteiger partial charge on any atom is -0.0741 e. The Morgan fingerprint density at radius 1 is 0.889 bits per heavy atom. The van der Waals surface area contributed by atoms with Gasteiger partial charge in [0.05, 0.1) is 0 Å². The molecule has 3 rings (SSSR count). The van der Waals surface area contributed by atoms with Crippen molar-refractivity contribution >= 4 is 5.57 Å². The molecule has 0 N–H and O–H groups in total. The van der Waals surface area contributed by atoms with E-state index in [1.54, 1.807) is 0 Å². The molecule has 1 atom stereocenters. The smallest absolute Gasteiger partial charge is 0.00597 e. The summed E-state index contributed by atoms with van der Waals surface area (Å²) < 4.78 is 0. The van der Waals surface area contributed by atoms with Crippen LogP contribution in [-0.4, -0.2) is 0 Å². The minimum atomic E-state index is 0.340. The molecule has 0 fully saturated rings. The molecule has 0 saturated heterocycles. The van der Waals surface area contributed by atoms with Gasteiger partial charge in [0.25, 0.3) is 0 Å². The molecule has 0 saturated carbocycles. The van der Waals surface area contributed by atoms with Crippen LogP contribution in [0.25, 0.3) is 5.57 Å². The second-order valence-corrected chi connectivity index (χ2v) is 5.53. The number of hydrogen-bond donors (Lipinski definition) is 0. The Bertz CT molecular complexity index is 551. The third kappa shape index (κ3) is 2.24. The topological polar surface area (TPSA) is 0 Å². The van der Waals surface area contributed by atoms with Gasteiger partial charge in [0.15, 0.2) is 0 Å². The third-order valence-electron chi connectivity index (χ3n) is 3.71. The van der Waals surface area contributed by atoms with Crippen LogP contribution in [0.3, 0.4) is 0 Å². The van der Waals surface area contributed by atoms with Crippen LogP contribution in [-0.2, 0) is 6.42 Å². The molecule has 0 bridgehead atoms. The Morgan fingerprint density at radius 2 is 1.44 bits per heavy atom. The van der Waals surface area contributed by atoms with E-state index in [0.717, 1.165) is 6.42 Å². The van der Waals surface area contributed by atoms with Crippen molar-refractivity contribution in [3.8, 4) is 0 Å². The van der Waals surface area contributed by atoms with Crippen molar-refractivity contribution in [3.63, 3.8) is 0 Å². The maximum Gasteiger partial charge on any atom is -0.00597 e. The van der Waals surface area contributed by atoms with Crippen LogP contribution in [0.5, 0.6) is 0 Å². The average Bonchev–Trinajstić information content (AvgIpc) is 2.38. The zero-order valence-electron chi connectivity index (χ0n) is 10.8. The number of allylic oxidation sites excluding steroid dienone is 2. The van der Waals surface area contributed by atoms with E-state index in [0.29, 0.717) is 5.41 Å². The van der Waals surface area contributed by atoms with E-state index in [1.807, 2.05) is 0 Å². The van der Waals surface area contributed by atoms with Crippen LogP contribution in [0.1, 0.15) is 24.5 Å². The summed E-state index contributed by atoms with van der Waals surface area (Å²) in [6.45, 7) is 2.35. The van der Waals surface area contributed by atoms with Crippen LogP contribution in [0.4, 0.5) is 0 Å². The summed E-state index contributed by atoms with van der Waals surface area (Å²) in [6.07, 6.45) is 4.77. The fourth-order valence-corrected chi connectivity index (χ4v) is 2.84. The number of hydrogen-bond acceptors (Lipinski definition) is 0. The zero-order valence-corrected chi connectivity index (χ0v) is 10.8. The highest BCUT2D eigenvalue weighted by molar-refractivity contribution is 5.72. The monoisotopic (exact) mass is 234 g/mol. The van der Waals surface area contributed by atoms with Crippen LogP contribution < -0.4 is 0 Å². The van der Waals surface area contributed by atoms with Gasteiger partial charge in [0.1, 0.15) is 0 Å². The summed E-state index contributed by atoms with van der Waals surface area (Å²) in [5.74, 6) is 0. The SMILES string of the molecule is CC1(Cc2ccccc2)C=C(c2ccccc2)C1. The molecule has 0 aliphatic heterocycles. The van der Waals surface area contributed by atoms with E-state index in [2.05, 4.69) is 73.7 Å². The highest BCUT2D eigenvalue weighted by Crippen LogP contribution is 2.45. The predicted molar refractivity (Wildman–Crippen MR) is 77.3 cm³/mol. The van der Waals surface area contributed by atoms with Crippen LogP contribution in [0, 0.1) is 5.41 Å². The minimum absolute atomic E-state index is 0.340. The fraction of sp³-hybridized carbons (Fsp3) is 0.222. The molecular formula is C18H18. The quantitative estimate of drug-likeness (QED) is 0.720. The molecule has 90 valence electrons. The van der Waals surface area contributed by atoms with Gasteiger partial charge in [0.2, 0.25) is 0 Å². The lowest BCUT2D eigenvalue weighted by molar-refractivity contribution is 0.403. The van der Waals surface area contributed by atoms with Crippen molar-refractivity contribution in [3.05, 3.63) is 77.9 Å². The summed E-state index contributed by atoms with van der Waals surface area (Å²) in [7, 11) is 0. The molecule has 2 aromatic carbocycles. The van der Waals surface area contributed by atoms with Gasteiger partial charge in [-0.2, -0.15) is 0 Å². The highest BCUT2D eigenvalue weighted by atomic mass is 14.4. The molecule has 1 aliphatic rings. The molecule has 2 aromatic rings. The first kappa shape index (κ1) is 11.3. The maximum absolute atomic E-state index is 2.44. The highest BCUT2D eigenvalue weighted by Gasteiger charge is 2.32. The summed E-state index contributed by atoms with van der Waals surface area (Å²) >= 11 is 0. The van der Waals surface area contributed by atoms with E-state index in [-0.39, 0.29) is 0 Å². The van der Waals surface area contributed by atoms with Gasteiger partial charge in [-0.15, -0.1) is 0 Å². The van der Waals surface area contributed by atoms with Crippen LogP contribution >= 0.6 is 0 Å². The molecule has 18 heavy (non-hydrogen) atoms. The van der Waals surface area contributed by atoms with Gasteiger partial charge >= 0.3 is 0 Å². The normalized spacial score (nSPS) is 22.2. The van der Waals surface area contributed by atoms with Gasteiger partial charge in [-0.25, -0.2) is 0 Å². The van der Waals surface area contributed by atoms with Crippen molar-refractivity contribution in [2.45, 2.75) is 19.8 Å². The largest absolute Gasteiger partial charge is 0.0741 e. The van der Waals surface area contributed by atoms with Crippen molar-refractivity contribution < 1.29 is 0 Å². The van der Waals surface area contributed by atoms with Gasteiger partial charge in [-0.3, -0.25) is 0 Å². The third-order valence-corrected chi connectivity index (χ3v) is 3.71. The summed E-state index contributed by atoms with van der Waals surface area (Å²) in [4.78, 5) is 0. The Morgan fingerprint density at radius 3 is 2.06 bits per heavy atom. The number of rotatable bonds is 3. The van der Waals surface area contributed by atoms with Crippen molar-refractivity contribution in [1.82, 2.24) is 0 Å².